The Morgan fingerprint density at radius 2 is 0.906 bits per heavy atom. The summed E-state index contributed by atoms with van der Waals surface area (Å²) in [6, 6.07) is 40.7. The second kappa shape index (κ2) is 11.8. The van der Waals surface area contributed by atoms with Gasteiger partial charge in [0.15, 0.2) is 0 Å². The fourth-order valence-corrected chi connectivity index (χ4v) is 8.14. The average Bonchev–Trinajstić information content (AvgIpc) is 3.69. The van der Waals surface area contributed by atoms with Gasteiger partial charge in [0.1, 0.15) is 11.2 Å². The van der Waals surface area contributed by atoms with Crippen molar-refractivity contribution < 1.29 is 18.1 Å². The van der Waals surface area contributed by atoms with Crippen molar-refractivity contribution in [1.29, 1.82) is 0 Å². The molecule has 53 heavy (non-hydrogen) atoms. The lowest BCUT2D eigenvalue weighted by atomic mass is 9.85. The Bertz CT molecular complexity index is 3700. The first-order valence-electron chi connectivity index (χ1n) is 22.4. The number of furan rings is 1. The summed E-state index contributed by atoms with van der Waals surface area (Å²) < 4.78 is 91.5. The van der Waals surface area contributed by atoms with Gasteiger partial charge in [0, 0.05) is 16.3 Å². The van der Waals surface area contributed by atoms with Crippen molar-refractivity contribution in [2.75, 3.05) is 0 Å². The molecule has 0 atom stereocenters. The molecule has 1 heterocycles. The highest BCUT2D eigenvalue weighted by Gasteiger charge is 2.18. The maximum atomic E-state index is 8.93. The summed E-state index contributed by atoms with van der Waals surface area (Å²) in [7, 11) is 0. The zero-order valence-corrected chi connectivity index (χ0v) is 28.1. The molecule has 1 nitrogen and oxygen atoms in total. The van der Waals surface area contributed by atoms with Crippen molar-refractivity contribution >= 4 is 65.0 Å². The molecule has 0 N–H and O–H groups in total. The van der Waals surface area contributed by atoms with Gasteiger partial charge in [-0.1, -0.05) is 170 Å². The van der Waals surface area contributed by atoms with Crippen molar-refractivity contribution in [3.8, 4) is 44.5 Å². The number of benzene rings is 10. The van der Waals surface area contributed by atoms with Crippen LogP contribution in [-0.4, -0.2) is 0 Å². The van der Waals surface area contributed by atoms with E-state index >= 15 is 0 Å². The first kappa shape index (κ1) is 21.4. The van der Waals surface area contributed by atoms with Gasteiger partial charge < -0.3 is 4.42 Å². The smallest absolute Gasteiger partial charge is 0.143 e. The quantitative estimate of drug-likeness (QED) is 0.133. The molecule has 0 amide bonds. The lowest BCUT2D eigenvalue weighted by Crippen LogP contribution is -1.91. The SMILES string of the molecule is [2H]c1c([2H])c([2H])c(-c2c3ccccc3c(-c3ccc4c(c3)cc(-c3ccc5oc6c(-c7c([2H])c([2H])c([2H])c([2H])c7[2H])cccc6c5c3)c3ccccc34)c3ccccc23)c([2H])c1[2H]. The first-order chi connectivity index (χ1) is 30.4. The topological polar surface area (TPSA) is 13.1 Å². The zero-order valence-electron chi connectivity index (χ0n) is 38.1. The molecule has 246 valence electrons. The highest BCUT2D eigenvalue weighted by molar-refractivity contribution is 6.23. The number of rotatable bonds is 4. The summed E-state index contributed by atoms with van der Waals surface area (Å²) in [5.41, 5.74) is 6.19. The molecule has 0 unspecified atom stereocenters. The predicted molar refractivity (Wildman–Crippen MR) is 225 cm³/mol. The fraction of sp³-hybridized carbons (Fsp3) is 0. The number of hydrogen-bond donors (Lipinski definition) is 0. The third-order valence-electron chi connectivity index (χ3n) is 10.4. The van der Waals surface area contributed by atoms with Gasteiger partial charge >= 0.3 is 0 Å². The Hall–Kier alpha value is -6.96. The van der Waals surface area contributed by atoms with Crippen LogP contribution in [0.1, 0.15) is 13.7 Å². The number of para-hydroxylation sites is 1. The van der Waals surface area contributed by atoms with Crippen LogP contribution in [0.25, 0.3) is 110 Å². The molecule has 0 saturated carbocycles. The van der Waals surface area contributed by atoms with Crippen LogP contribution in [0.3, 0.4) is 0 Å². The molecule has 0 fully saturated rings. The molecule has 0 aliphatic rings. The Balaban J connectivity index is 1.13. The van der Waals surface area contributed by atoms with Crippen molar-refractivity contribution in [1.82, 2.24) is 0 Å². The normalized spacial score (nSPS) is 14.4. The summed E-state index contributed by atoms with van der Waals surface area (Å²) in [6.07, 6.45) is 0. The molecule has 1 aromatic heterocycles. The van der Waals surface area contributed by atoms with Crippen LogP contribution in [0.5, 0.6) is 0 Å². The van der Waals surface area contributed by atoms with E-state index in [1.807, 2.05) is 84.9 Å². The zero-order chi connectivity index (χ0) is 43.6. The molecule has 0 aliphatic heterocycles. The van der Waals surface area contributed by atoms with Crippen molar-refractivity contribution in [3.05, 3.63) is 194 Å². The van der Waals surface area contributed by atoms with E-state index in [1.54, 1.807) is 6.07 Å². The average molecular weight is 683 g/mol. The molecule has 0 radical (unpaired) electrons. The Morgan fingerprint density at radius 1 is 0.340 bits per heavy atom. The van der Waals surface area contributed by atoms with Crippen LogP contribution in [0.4, 0.5) is 0 Å². The van der Waals surface area contributed by atoms with Gasteiger partial charge in [-0.15, -0.1) is 0 Å². The molecule has 0 saturated heterocycles. The van der Waals surface area contributed by atoms with E-state index in [4.69, 9.17) is 18.1 Å². The highest BCUT2D eigenvalue weighted by atomic mass is 16.3. The molecule has 0 bridgehead atoms. The molecule has 11 rings (SSSR count). The largest absolute Gasteiger partial charge is 0.455 e. The van der Waals surface area contributed by atoms with Gasteiger partial charge in [0.05, 0.1) is 13.7 Å². The maximum absolute atomic E-state index is 8.93. The van der Waals surface area contributed by atoms with E-state index in [9.17, 15) is 0 Å². The second-order valence-corrected chi connectivity index (χ2v) is 13.2. The predicted octanol–water partition coefficient (Wildman–Crippen LogP) is 14.9. The molecule has 10 aromatic carbocycles. The highest BCUT2D eigenvalue weighted by Crippen LogP contribution is 2.45. The minimum Gasteiger partial charge on any atom is -0.455 e. The van der Waals surface area contributed by atoms with E-state index in [1.165, 1.54) is 0 Å². The van der Waals surface area contributed by atoms with Gasteiger partial charge in [0.25, 0.3) is 0 Å². The Kier molecular flexibility index (Phi) is 4.77. The van der Waals surface area contributed by atoms with Gasteiger partial charge in [0.2, 0.25) is 0 Å². The number of fused-ring (bicyclic) bond motifs is 8. The lowest BCUT2D eigenvalue weighted by molar-refractivity contribution is 0.670. The summed E-state index contributed by atoms with van der Waals surface area (Å²) in [5.74, 6) is 0. The monoisotopic (exact) mass is 682 g/mol. The molecule has 1 heteroatoms. The second-order valence-electron chi connectivity index (χ2n) is 13.2. The van der Waals surface area contributed by atoms with E-state index < -0.39 is 24.2 Å². The molecule has 11 aromatic rings. The van der Waals surface area contributed by atoms with Crippen molar-refractivity contribution in [3.63, 3.8) is 0 Å². The molecule has 0 aliphatic carbocycles. The minimum absolute atomic E-state index is 0.0893. The van der Waals surface area contributed by atoms with Gasteiger partial charge in [-0.3, -0.25) is 0 Å². The van der Waals surface area contributed by atoms with E-state index in [2.05, 4.69) is 42.5 Å². The Labute approximate surface area is 321 Å². The van der Waals surface area contributed by atoms with E-state index in [0.29, 0.717) is 22.3 Å². The van der Waals surface area contributed by atoms with E-state index in [0.717, 1.165) is 76.1 Å². The minimum atomic E-state index is -0.448. The number of hydrogen-bond acceptors (Lipinski definition) is 1. The van der Waals surface area contributed by atoms with Gasteiger partial charge in [-0.25, -0.2) is 0 Å². The summed E-state index contributed by atoms with van der Waals surface area (Å²) in [4.78, 5) is 0. The summed E-state index contributed by atoms with van der Waals surface area (Å²) in [5, 5.41) is 9.12. The maximum Gasteiger partial charge on any atom is 0.143 e. The van der Waals surface area contributed by atoms with Crippen LogP contribution in [-0.2, 0) is 0 Å². The standard InChI is InChI=1S/C52H32O/c1-3-14-33(15-4-1)39-24-13-25-46-48-31-35(27-29-49(48)53-52(39)46)47-32-37-30-36(26-28-38(37)40-18-7-8-19-41(40)47)51-44-22-11-9-20-42(44)50(34-16-5-2-6-17-34)43-21-10-12-23-45(43)51/h1-32H/i1D,2D,3D,4D,5D,6D,14D,15D,16D,17D. The summed E-state index contributed by atoms with van der Waals surface area (Å²) >= 11 is 0. The van der Waals surface area contributed by atoms with Gasteiger partial charge in [-0.2, -0.15) is 0 Å². The fourth-order valence-electron chi connectivity index (χ4n) is 8.14. The third kappa shape index (κ3) is 4.64. The van der Waals surface area contributed by atoms with Crippen LogP contribution >= 0.6 is 0 Å². The summed E-state index contributed by atoms with van der Waals surface area (Å²) in [6.45, 7) is 0. The Morgan fingerprint density at radius 3 is 1.58 bits per heavy atom. The van der Waals surface area contributed by atoms with Crippen LogP contribution in [0.15, 0.2) is 198 Å². The van der Waals surface area contributed by atoms with Crippen LogP contribution in [0.2, 0.25) is 0 Å². The third-order valence-corrected chi connectivity index (χ3v) is 10.4. The first-order valence-corrected chi connectivity index (χ1v) is 17.4. The van der Waals surface area contributed by atoms with Crippen molar-refractivity contribution in [2.45, 2.75) is 0 Å². The van der Waals surface area contributed by atoms with E-state index in [-0.39, 0.29) is 47.4 Å². The molecule has 0 spiro atoms. The molecular formula is C52H32O. The van der Waals surface area contributed by atoms with Crippen LogP contribution in [0, 0.1) is 0 Å². The van der Waals surface area contributed by atoms with Gasteiger partial charge in [-0.05, 0) is 106 Å². The lowest BCUT2D eigenvalue weighted by Gasteiger charge is -2.18. The molecular weight excluding hydrogens is 641 g/mol. The van der Waals surface area contributed by atoms with Crippen molar-refractivity contribution in [2.24, 2.45) is 0 Å². The van der Waals surface area contributed by atoms with Crippen LogP contribution < -0.4 is 0 Å².